The van der Waals surface area contributed by atoms with Crippen molar-refractivity contribution in [2.75, 3.05) is 7.11 Å². The molecule has 5 heteroatoms. The molecule has 1 aromatic carbocycles. The highest BCUT2D eigenvalue weighted by Gasteiger charge is 2.56. The SMILES string of the molecule is COC(=O)C1(c2nc(-c3ccccc3)nn2C)CC1. The van der Waals surface area contributed by atoms with Crippen LogP contribution in [0, 0.1) is 0 Å². The Hall–Kier alpha value is -2.17. The standard InChI is InChI=1S/C14H15N3O2/c1-17-12(14(8-9-14)13(18)19-2)15-11(16-17)10-6-4-3-5-7-10/h3-7H,8-9H2,1-2H3. The number of carbonyl (C=O) groups excluding carboxylic acids is 1. The van der Waals surface area contributed by atoms with E-state index in [1.165, 1.54) is 7.11 Å². The van der Waals surface area contributed by atoms with Crippen LogP contribution >= 0.6 is 0 Å². The van der Waals surface area contributed by atoms with Gasteiger partial charge in [0.25, 0.3) is 0 Å². The lowest BCUT2D eigenvalue weighted by Crippen LogP contribution is -2.25. The normalized spacial score (nSPS) is 16.1. The zero-order chi connectivity index (χ0) is 13.5. The molecular weight excluding hydrogens is 242 g/mol. The maximum Gasteiger partial charge on any atom is 0.319 e. The Morgan fingerprint density at radius 3 is 2.58 bits per heavy atom. The van der Waals surface area contributed by atoms with E-state index in [1.807, 2.05) is 37.4 Å². The largest absolute Gasteiger partial charge is 0.468 e. The number of nitrogens with zero attached hydrogens (tertiary/aromatic N) is 3. The summed E-state index contributed by atoms with van der Waals surface area (Å²) < 4.78 is 6.57. The molecule has 0 unspecified atom stereocenters. The number of methoxy groups -OCH3 is 1. The molecule has 98 valence electrons. The summed E-state index contributed by atoms with van der Waals surface area (Å²) >= 11 is 0. The van der Waals surface area contributed by atoms with E-state index < -0.39 is 5.41 Å². The molecule has 0 N–H and O–H groups in total. The molecule has 2 aromatic rings. The topological polar surface area (TPSA) is 57.0 Å². The van der Waals surface area contributed by atoms with Crippen molar-refractivity contribution >= 4 is 5.97 Å². The van der Waals surface area contributed by atoms with Gasteiger partial charge in [-0.2, -0.15) is 5.10 Å². The van der Waals surface area contributed by atoms with Gasteiger partial charge >= 0.3 is 5.97 Å². The summed E-state index contributed by atoms with van der Waals surface area (Å²) in [5, 5.41) is 4.40. The first-order valence-corrected chi connectivity index (χ1v) is 6.23. The third kappa shape index (κ3) is 1.82. The molecule has 1 saturated carbocycles. The van der Waals surface area contributed by atoms with Gasteiger partial charge in [-0.1, -0.05) is 30.3 Å². The monoisotopic (exact) mass is 257 g/mol. The highest BCUT2D eigenvalue weighted by Crippen LogP contribution is 2.48. The Morgan fingerprint density at radius 2 is 2.00 bits per heavy atom. The predicted octanol–water partition coefficient (Wildman–Crippen LogP) is 1.69. The van der Waals surface area contributed by atoms with E-state index in [1.54, 1.807) is 4.68 Å². The van der Waals surface area contributed by atoms with Crippen LogP contribution < -0.4 is 0 Å². The Balaban J connectivity index is 2.02. The van der Waals surface area contributed by atoms with E-state index in [0.29, 0.717) is 11.6 Å². The highest BCUT2D eigenvalue weighted by atomic mass is 16.5. The number of ether oxygens (including phenoxy) is 1. The van der Waals surface area contributed by atoms with Crippen LogP contribution in [-0.4, -0.2) is 27.8 Å². The van der Waals surface area contributed by atoms with Crippen LogP contribution in [0.4, 0.5) is 0 Å². The van der Waals surface area contributed by atoms with Gasteiger partial charge < -0.3 is 4.74 Å². The molecule has 0 bridgehead atoms. The third-order valence-corrected chi connectivity index (χ3v) is 3.55. The van der Waals surface area contributed by atoms with Crippen molar-refractivity contribution in [3.8, 4) is 11.4 Å². The molecule has 5 nitrogen and oxygen atoms in total. The van der Waals surface area contributed by atoms with Crippen molar-refractivity contribution < 1.29 is 9.53 Å². The zero-order valence-electron chi connectivity index (χ0n) is 11.0. The summed E-state index contributed by atoms with van der Waals surface area (Å²) in [7, 11) is 3.23. The number of hydrogen-bond acceptors (Lipinski definition) is 4. The van der Waals surface area contributed by atoms with Gasteiger partial charge in [0.05, 0.1) is 7.11 Å². The van der Waals surface area contributed by atoms with Crippen LogP contribution in [-0.2, 0) is 22.0 Å². The molecule has 0 radical (unpaired) electrons. The second-order valence-electron chi connectivity index (χ2n) is 4.82. The van der Waals surface area contributed by atoms with Crippen molar-refractivity contribution in [3.63, 3.8) is 0 Å². The molecule has 1 fully saturated rings. The maximum absolute atomic E-state index is 11.9. The second-order valence-corrected chi connectivity index (χ2v) is 4.82. The van der Waals surface area contributed by atoms with Crippen LogP contribution in [0.25, 0.3) is 11.4 Å². The molecule has 1 aromatic heterocycles. The molecule has 0 amide bonds. The molecule has 0 saturated heterocycles. The summed E-state index contributed by atoms with van der Waals surface area (Å²) in [6, 6.07) is 9.75. The first-order valence-electron chi connectivity index (χ1n) is 6.23. The van der Waals surface area contributed by atoms with Gasteiger partial charge in [0.15, 0.2) is 5.82 Å². The van der Waals surface area contributed by atoms with E-state index in [4.69, 9.17) is 4.74 Å². The number of rotatable bonds is 3. The zero-order valence-corrected chi connectivity index (χ0v) is 11.0. The lowest BCUT2D eigenvalue weighted by molar-refractivity contribution is -0.144. The van der Waals surface area contributed by atoms with Gasteiger partial charge in [-0.25, -0.2) is 4.98 Å². The van der Waals surface area contributed by atoms with Crippen molar-refractivity contribution in [3.05, 3.63) is 36.2 Å². The number of carbonyl (C=O) groups is 1. The molecule has 1 aliphatic carbocycles. The van der Waals surface area contributed by atoms with E-state index in [2.05, 4.69) is 10.1 Å². The minimum Gasteiger partial charge on any atom is -0.468 e. The number of aryl methyl sites for hydroxylation is 1. The van der Waals surface area contributed by atoms with Crippen molar-refractivity contribution in [2.24, 2.45) is 7.05 Å². The first kappa shape index (κ1) is 11.9. The molecule has 1 heterocycles. The number of hydrogen-bond donors (Lipinski definition) is 0. The predicted molar refractivity (Wildman–Crippen MR) is 69.4 cm³/mol. The van der Waals surface area contributed by atoms with Crippen LogP contribution in [0.2, 0.25) is 0 Å². The van der Waals surface area contributed by atoms with E-state index in [-0.39, 0.29) is 5.97 Å². The van der Waals surface area contributed by atoms with Crippen LogP contribution in [0.5, 0.6) is 0 Å². The number of benzene rings is 1. The third-order valence-electron chi connectivity index (χ3n) is 3.55. The number of aromatic nitrogens is 3. The minimum absolute atomic E-state index is 0.220. The molecular formula is C14H15N3O2. The maximum atomic E-state index is 11.9. The van der Waals surface area contributed by atoms with Crippen LogP contribution in [0.1, 0.15) is 18.7 Å². The summed E-state index contributed by atoms with van der Waals surface area (Å²) in [4.78, 5) is 16.4. The molecule has 1 aliphatic rings. The summed E-state index contributed by atoms with van der Waals surface area (Å²) in [5.74, 6) is 1.12. The van der Waals surface area contributed by atoms with Crippen molar-refractivity contribution in [2.45, 2.75) is 18.3 Å². The fraction of sp³-hybridized carbons (Fsp3) is 0.357. The Morgan fingerprint density at radius 1 is 1.32 bits per heavy atom. The van der Waals surface area contributed by atoms with Crippen molar-refractivity contribution in [1.29, 1.82) is 0 Å². The number of esters is 1. The molecule has 3 rings (SSSR count). The summed E-state index contributed by atoms with van der Waals surface area (Å²) in [6.45, 7) is 0. The van der Waals surface area contributed by atoms with Gasteiger partial charge in [0, 0.05) is 12.6 Å². The van der Waals surface area contributed by atoms with E-state index >= 15 is 0 Å². The fourth-order valence-electron chi connectivity index (χ4n) is 2.35. The van der Waals surface area contributed by atoms with Gasteiger partial charge in [0.1, 0.15) is 11.2 Å². The Labute approximate surface area is 111 Å². The Bertz CT molecular complexity index is 615. The minimum atomic E-state index is -0.580. The lowest BCUT2D eigenvalue weighted by atomic mass is 10.1. The van der Waals surface area contributed by atoms with Crippen LogP contribution in [0.3, 0.4) is 0 Å². The van der Waals surface area contributed by atoms with Gasteiger partial charge in [-0.05, 0) is 12.8 Å². The highest BCUT2D eigenvalue weighted by molar-refractivity contribution is 5.85. The summed E-state index contributed by atoms with van der Waals surface area (Å²) in [5.41, 5.74) is 0.369. The Kier molecular flexibility index (Phi) is 2.62. The molecule has 0 aliphatic heterocycles. The quantitative estimate of drug-likeness (QED) is 0.785. The lowest BCUT2D eigenvalue weighted by Gasteiger charge is -2.10. The van der Waals surface area contributed by atoms with Crippen LogP contribution in [0.15, 0.2) is 30.3 Å². The van der Waals surface area contributed by atoms with E-state index in [0.717, 1.165) is 18.4 Å². The van der Waals surface area contributed by atoms with Gasteiger partial charge in [-0.15, -0.1) is 0 Å². The molecule has 0 spiro atoms. The smallest absolute Gasteiger partial charge is 0.319 e. The average Bonchev–Trinajstić information content (AvgIpc) is 3.16. The second kappa shape index (κ2) is 4.19. The van der Waals surface area contributed by atoms with E-state index in [9.17, 15) is 4.79 Å². The molecule has 19 heavy (non-hydrogen) atoms. The average molecular weight is 257 g/mol. The van der Waals surface area contributed by atoms with Gasteiger partial charge in [0.2, 0.25) is 0 Å². The molecule has 0 atom stereocenters. The first-order chi connectivity index (χ1) is 9.17. The fourth-order valence-corrected chi connectivity index (χ4v) is 2.35. The van der Waals surface area contributed by atoms with Crippen molar-refractivity contribution in [1.82, 2.24) is 14.8 Å². The van der Waals surface area contributed by atoms with Gasteiger partial charge in [-0.3, -0.25) is 9.48 Å². The summed E-state index contributed by atoms with van der Waals surface area (Å²) in [6.07, 6.45) is 1.56.